The van der Waals surface area contributed by atoms with Crippen molar-refractivity contribution in [1.82, 2.24) is 4.98 Å². The van der Waals surface area contributed by atoms with E-state index in [9.17, 15) is 18.0 Å². The van der Waals surface area contributed by atoms with Crippen molar-refractivity contribution >= 4 is 36.4 Å². The molecule has 1 amide bonds. The molecule has 25 heavy (non-hydrogen) atoms. The highest BCUT2D eigenvalue weighted by Gasteiger charge is 2.37. The van der Waals surface area contributed by atoms with Gasteiger partial charge in [-0.1, -0.05) is 12.8 Å². The molecular formula is C15H22Cl2F3N3O2. The summed E-state index contributed by atoms with van der Waals surface area (Å²) in [5, 5.41) is 2.71. The van der Waals surface area contributed by atoms with Gasteiger partial charge in [-0.3, -0.25) is 4.79 Å². The molecule has 1 fully saturated rings. The molecule has 1 saturated carbocycles. The summed E-state index contributed by atoms with van der Waals surface area (Å²) in [5.41, 5.74) is 6.03. The number of nitrogens with one attached hydrogen (secondary N) is 1. The molecular weight excluding hydrogens is 382 g/mol. The Bertz CT molecular complexity index is 554. The van der Waals surface area contributed by atoms with Crippen molar-refractivity contribution in [2.24, 2.45) is 11.7 Å². The fourth-order valence-electron chi connectivity index (χ4n) is 2.71. The number of carbonyl (C=O) groups is 1. The van der Waals surface area contributed by atoms with Crippen LogP contribution in [0.1, 0.15) is 32.6 Å². The summed E-state index contributed by atoms with van der Waals surface area (Å²) >= 11 is 0. The molecule has 0 bridgehead atoms. The highest BCUT2D eigenvalue weighted by molar-refractivity contribution is 5.93. The van der Waals surface area contributed by atoms with E-state index in [-0.39, 0.29) is 42.5 Å². The fourth-order valence-corrected chi connectivity index (χ4v) is 2.71. The molecule has 1 aliphatic carbocycles. The smallest absolute Gasteiger partial charge is 0.422 e. The predicted octanol–water partition coefficient (Wildman–Crippen LogP) is 3.71. The molecule has 1 aromatic rings. The summed E-state index contributed by atoms with van der Waals surface area (Å²) in [6, 6.07) is 2.73. The Labute approximate surface area is 156 Å². The van der Waals surface area contributed by atoms with E-state index in [0.29, 0.717) is 5.69 Å². The Morgan fingerprint density at radius 1 is 1.40 bits per heavy atom. The second-order valence-electron chi connectivity index (χ2n) is 6.08. The van der Waals surface area contributed by atoms with Crippen molar-refractivity contribution in [3.63, 3.8) is 0 Å². The minimum Gasteiger partial charge on any atom is -0.468 e. The topological polar surface area (TPSA) is 77.2 Å². The highest BCUT2D eigenvalue weighted by Crippen LogP contribution is 2.32. The van der Waals surface area contributed by atoms with Crippen LogP contribution >= 0.6 is 24.8 Å². The van der Waals surface area contributed by atoms with Gasteiger partial charge in [-0.15, -0.1) is 24.8 Å². The number of carbonyl (C=O) groups excluding carboxylic acids is 1. The SMILES string of the molecule is CC1(N)CCCCC1C(=O)Nc1ccc(OCC(F)(F)F)nc1.Cl.Cl. The lowest BCUT2D eigenvalue weighted by Crippen LogP contribution is -2.51. The highest BCUT2D eigenvalue weighted by atomic mass is 35.5. The van der Waals surface area contributed by atoms with Crippen molar-refractivity contribution in [2.75, 3.05) is 11.9 Å². The van der Waals surface area contributed by atoms with E-state index in [1.165, 1.54) is 18.3 Å². The van der Waals surface area contributed by atoms with Crippen LogP contribution in [0.25, 0.3) is 0 Å². The molecule has 0 radical (unpaired) electrons. The lowest BCUT2D eigenvalue weighted by molar-refractivity contribution is -0.154. The molecule has 2 rings (SSSR count). The minimum atomic E-state index is -4.42. The number of nitrogens with zero attached hydrogens (tertiary/aromatic N) is 1. The van der Waals surface area contributed by atoms with E-state index in [1.54, 1.807) is 0 Å². The summed E-state index contributed by atoms with van der Waals surface area (Å²) in [4.78, 5) is 16.1. The van der Waals surface area contributed by atoms with E-state index in [4.69, 9.17) is 5.73 Å². The van der Waals surface area contributed by atoms with Crippen LogP contribution in [0.4, 0.5) is 18.9 Å². The molecule has 2 atom stereocenters. The second-order valence-corrected chi connectivity index (χ2v) is 6.08. The van der Waals surface area contributed by atoms with Gasteiger partial charge < -0.3 is 15.8 Å². The Balaban J connectivity index is 0.00000288. The molecule has 1 heterocycles. The first-order valence-electron chi connectivity index (χ1n) is 7.43. The van der Waals surface area contributed by atoms with E-state index >= 15 is 0 Å². The van der Waals surface area contributed by atoms with Gasteiger partial charge in [0.25, 0.3) is 0 Å². The summed E-state index contributed by atoms with van der Waals surface area (Å²) in [7, 11) is 0. The van der Waals surface area contributed by atoms with Gasteiger partial charge in [-0.25, -0.2) is 4.98 Å². The maximum Gasteiger partial charge on any atom is 0.422 e. The van der Waals surface area contributed by atoms with Crippen molar-refractivity contribution in [1.29, 1.82) is 0 Å². The molecule has 10 heteroatoms. The van der Waals surface area contributed by atoms with Crippen molar-refractivity contribution < 1.29 is 22.7 Å². The molecule has 0 aromatic carbocycles. The molecule has 144 valence electrons. The van der Waals surface area contributed by atoms with Gasteiger partial charge in [0.1, 0.15) is 0 Å². The third kappa shape index (κ3) is 7.25. The number of anilines is 1. The summed E-state index contributed by atoms with van der Waals surface area (Å²) in [6.45, 7) is 0.460. The largest absolute Gasteiger partial charge is 0.468 e. The van der Waals surface area contributed by atoms with E-state index in [2.05, 4.69) is 15.0 Å². The third-order valence-electron chi connectivity index (χ3n) is 3.96. The Morgan fingerprint density at radius 3 is 2.60 bits per heavy atom. The monoisotopic (exact) mass is 403 g/mol. The molecule has 0 saturated heterocycles. The van der Waals surface area contributed by atoms with E-state index in [0.717, 1.165) is 25.7 Å². The average Bonchev–Trinajstić information content (AvgIpc) is 2.45. The molecule has 0 spiro atoms. The first-order chi connectivity index (χ1) is 10.7. The number of nitrogens with two attached hydrogens (primary N) is 1. The summed E-state index contributed by atoms with van der Waals surface area (Å²) in [6.07, 6.45) is 0.310. The number of rotatable bonds is 4. The van der Waals surface area contributed by atoms with Crippen molar-refractivity contribution in [2.45, 2.75) is 44.3 Å². The van der Waals surface area contributed by atoms with Gasteiger partial charge in [0.2, 0.25) is 11.8 Å². The number of aromatic nitrogens is 1. The maximum atomic E-state index is 12.3. The van der Waals surface area contributed by atoms with Crippen LogP contribution in [-0.4, -0.2) is 29.2 Å². The molecule has 3 N–H and O–H groups in total. The summed E-state index contributed by atoms with van der Waals surface area (Å²) in [5.74, 6) is -0.639. The van der Waals surface area contributed by atoms with Crippen molar-refractivity contribution in [3.05, 3.63) is 18.3 Å². The van der Waals surface area contributed by atoms with E-state index in [1.807, 2.05) is 6.92 Å². The molecule has 1 aromatic heterocycles. The van der Waals surface area contributed by atoms with Gasteiger partial charge in [0, 0.05) is 11.6 Å². The van der Waals surface area contributed by atoms with Crippen LogP contribution in [0.3, 0.4) is 0 Å². The van der Waals surface area contributed by atoms with Gasteiger partial charge >= 0.3 is 6.18 Å². The number of alkyl halides is 3. The number of amides is 1. The number of ether oxygens (including phenoxy) is 1. The van der Waals surface area contributed by atoms with Gasteiger partial charge in [0.05, 0.1) is 17.8 Å². The van der Waals surface area contributed by atoms with E-state index < -0.39 is 18.3 Å². The lowest BCUT2D eigenvalue weighted by atomic mass is 9.74. The summed E-state index contributed by atoms with van der Waals surface area (Å²) < 4.78 is 40.7. The van der Waals surface area contributed by atoms with Crippen LogP contribution in [0, 0.1) is 5.92 Å². The third-order valence-corrected chi connectivity index (χ3v) is 3.96. The zero-order chi connectivity index (χ0) is 17.1. The number of hydrogen-bond donors (Lipinski definition) is 2. The number of pyridine rings is 1. The first-order valence-corrected chi connectivity index (χ1v) is 7.43. The first kappa shape index (κ1) is 23.8. The number of halogens is 5. The molecule has 0 aliphatic heterocycles. The van der Waals surface area contributed by atoms with Crippen LogP contribution in [0.2, 0.25) is 0 Å². The predicted molar refractivity (Wildman–Crippen MR) is 93.5 cm³/mol. The standard InChI is InChI=1S/C15H20F3N3O2.2ClH/c1-14(19)7-3-2-4-11(14)13(22)21-10-5-6-12(20-8-10)23-9-15(16,17)18;;/h5-6,8,11H,2-4,7,9,19H2,1H3,(H,21,22);2*1H. The minimum absolute atomic E-state index is 0. The zero-order valence-corrected chi connectivity index (χ0v) is 15.3. The van der Waals surface area contributed by atoms with Gasteiger partial charge in [-0.05, 0) is 25.8 Å². The normalized spacial score (nSPS) is 23.0. The van der Waals surface area contributed by atoms with Gasteiger partial charge in [0.15, 0.2) is 6.61 Å². The van der Waals surface area contributed by atoms with Gasteiger partial charge in [-0.2, -0.15) is 13.2 Å². The number of hydrogen-bond acceptors (Lipinski definition) is 4. The van der Waals surface area contributed by atoms with Crippen molar-refractivity contribution in [3.8, 4) is 5.88 Å². The van der Waals surface area contributed by atoms with Crippen LogP contribution in [0.15, 0.2) is 18.3 Å². The maximum absolute atomic E-state index is 12.3. The Hall–Kier alpha value is -1.25. The molecule has 5 nitrogen and oxygen atoms in total. The zero-order valence-electron chi connectivity index (χ0n) is 13.6. The molecule has 2 unspecified atom stereocenters. The lowest BCUT2D eigenvalue weighted by Gasteiger charge is -2.37. The Morgan fingerprint density at radius 2 is 2.08 bits per heavy atom. The Kier molecular flexibility index (Phi) is 8.98. The van der Waals surface area contributed by atoms with Crippen LogP contribution in [0.5, 0.6) is 5.88 Å². The average molecular weight is 404 g/mol. The quantitative estimate of drug-likeness (QED) is 0.802. The van der Waals surface area contributed by atoms with Crippen LogP contribution in [-0.2, 0) is 4.79 Å². The van der Waals surface area contributed by atoms with Crippen LogP contribution < -0.4 is 15.8 Å². The second kappa shape index (κ2) is 9.45. The fraction of sp³-hybridized carbons (Fsp3) is 0.600. The molecule has 1 aliphatic rings.